The van der Waals surface area contributed by atoms with Crippen molar-refractivity contribution >= 4 is 0 Å². The molecule has 1 aromatic carbocycles. The molecule has 1 aliphatic heterocycles. The van der Waals surface area contributed by atoms with Crippen LogP contribution in [0.5, 0.6) is 5.75 Å². The molecule has 0 amide bonds. The molecule has 1 heterocycles. The first kappa shape index (κ1) is 13.4. The second kappa shape index (κ2) is 6.21. The third-order valence-electron chi connectivity index (χ3n) is 3.87. The Morgan fingerprint density at radius 1 is 1.44 bits per heavy atom. The predicted octanol–water partition coefficient (Wildman–Crippen LogP) is 1.84. The Labute approximate surface area is 110 Å². The number of ether oxygens (including phenoxy) is 1. The number of benzene rings is 1. The van der Waals surface area contributed by atoms with Crippen molar-refractivity contribution in [2.75, 3.05) is 33.8 Å². The van der Waals surface area contributed by atoms with E-state index < -0.39 is 0 Å². The van der Waals surface area contributed by atoms with Crippen molar-refractivity contribution in [3.63, 3.8) is 0 Å². The van der Waals surface area contributed by atoms with Crippen LogP contribution < -0.4 is 10.1 Å². The molecule has 0 spiro atoms. The molecule has 0 bridgehead atoms. The van der Waals surface area contributed by atoms with Crippen molar-refractivity contribution in [1.82, 2.24) is 10.2 Å². The number of nitrogens with one attached hydrogen (secondary N) is 1. The van der Waals surface area contributed by atoms with E-state index in [-0.39, 0.29) is 0 Å². The molecule has 100 valence electrons. The van der Waals surface area contributed by atoms with Crippen LogP contribution in [0, 0.1) is 6.92 Å². The lowest BCUT2D eigenvalue weighted by atomic mass is 10.1. The quantitative estimate of drug-likeness (QED) is 0.860. The molecule has 1 aliphatic rings. The van der Waals surface area contributed by atoms with Crippen LogP contribution in [0.4, 0.5) is 0 Å². The minimum Gasteiger partial charge on any atom is -0.496 e. The average Bonchev–Trinajstić information content (AvgIpc) is 2.90. The minimum atomic E-state index is 0.712. The number of rotatable bonds is 5. The molecule has 1 aromatic rings. The van der Waals surface area contributed by atoms with Crippen LogP contribution in [0.1, 0.15) is 17.5 Å². The Morgan fingerprint density at radius 2 is 2.28 bits per heavy atom. The number of methoxy groups -OCH3 is 1. The summed E-state index contributed by atoms with van der Waals surface area (Å²) in [5, 5.41) is 3.42. The monoisotopic (exact) mass is 248 g/mol. The lowest BCUT2D eigenvalue weighted by Crippen LogP contribution is -2.34. The molecule has 1 atom stereocenters. The Morgan fingerprint density at radius 3 is 2.89 bits per heavy atom. The van der Waals surface area contributed by atoms with Crippen molar-refractivity contribution in [3.05, 3.63) is 29.3 Å². The number of aryl methyl sites for hydroxylation is 1. The molecule has 0 radical (unpaired) electrons. The summed E-state index contributed by atoms with van der Waals surface area (Å²) in [5.41, 5.74) is 2.62. The fraction of sp³-hybridized carbons (Fsp3) is 0.600. The van der Waals surface area contributed by atoms with Gasteiger partial charge in [-0.3, -0.25) is 0 Å². The van der Waals surface area contributed by atoms with Crippen LogP contribution in [0.3, 0.4) is 0 Å². The van der Waals surface area contributed by atoms with Gasteiger partial charge in [-0.05, 0) is 50.6 Å². The summed E-state index contributed by atoms with van der Waals surface area (Å²) in [5.74, 6) is 0.979. The van der Waals surface area contributed by atoms with Crippen LogP contribution in [0.15, 0.2) is 18.2 Å². The first-order valence-corrected chi connectivity index (χ1v) is 6.75. The van der Waals surface area contributed by atoms with Crippen LogP contribution in [-0.4, -0.2) is 44.7 Å². The molecule has 1 N–H and O–H groups in total. The van der Waals surface area contributed by atoms with Gasteiger partial charge >= 0.3 is 0 Å². The highest BCUT2D eigenvalue weighted by molar-refractivity contribution is 5.36. The van der Waals surface area contributed by atoms with Crippen LogP contribution in [0.2, 0.25) is 0 Å². The Balaban J connectivity index is 1.87. The highest BCUT2D eigenvalue weighted by Crippen LogP contribution is 2.19. The Bertz CT molecular complexity index is 386. The third-order valence-corrected chi connectivity index (χ3v) is 3.87. The minimum absolute atomic E-state index is 0.712. The second-order valence-electron chi connectivity index (χ2n) is 5.18. The van der Waals surface area contributed by atoms with Crippen LogP contribution >= 0.6 is 0 Å². The molecule has 3 nitrogen and oxygen atoms in total. The molecule has 0 aromatic heterocycles. The van der Waals surface area contributed by atoms with Gasteiger partial charge in [0.1, 0.15) is 5.75 Å². The zero-order valence-corrected chi connectivity index (χ0v) is 11.7. The van der Waals surface area contributed by atoms with Gasteiger partial charge in [0.15, 0.2) is 0 Å². The molecular weight excluding hydrogens is 224 g/mol. The van der Waals surface area contributed by atoms with E-state index in [2.05, 4.69) is 42.4 Å². The molecule has 18 heavy (non-hydrogen) atoms. The summed E-state index contributed by atoms with van der Waals surface area (Å²) >= 11 is 0. The molecule has 0 saturated carbocycles. The van der Waals surface area contributed by atoms with Crippen molar-refractivity contribution < 1.29 is 4.74 Å². The number of hydrogen-bond donors (Lipinski definition) is 1. The van der Waals surface area contributed by atoms with Crippen LogP contribution in [-0.2, 0) is 6.42 Å². The zero-order chi connectivity index (χ0) is 13.0. The molecule has 1 saturated heterocycles. The van der Waals surface area contributed by atoms with E-state index in [0.29, 0.717) is 6.04 Å². The maximum absolute atomic E-state index is 5.29. The molecule has 3 heteroatoms. The summed E-state index contributed by atoms with van der Waals surface area (Å²) < 4.78 is 5.29. The normalized spacial score (nSPS) is 19.4. The van der Waals surface area contributed by atoms with Crippen LogP contribution in [0.25, 0.3) is 0 Å². The molecule has 0 aliphatic carbocycles. The third kappa shape index (κ3) is 3.24. The topological polar surface area (TPSA) is 24.5 Å². The first-order chi connectivity index (χ1) is 8.70. The fourth-order valence-corrected chi connectivity index (χ4v) is 2.60. The molecular formula is C15H24N2O. The van der Waals surface area contributed by atoms with E-state index in [0.717, 1.165) is 31.8 Å². The first-order valence-electron chi connectivity index (χ1n) is 6.75. The summed E-state index contributed by atoms with van der Waals surface area (Å²) in [4.78, 5) is 2.47. The van der Waals surface area contributed by atoms with Gasteiger partial charge in [-0.1, -0.05) is 12.1 Å². The summed E-state index contributed by atoms with van der Waals surface area (Å²) in [6.45, 7) is 5.53. The maximum Gasteiger partial charge on any atom is 0.121 e. The lowest BCUT2D eigenvalue weighted by molar-refractivity contribution is 0.260. The van der Waals surface area contributed by atoms with Gasteiger partial charge in [0.05, 0.1) is 7.11 Å². The number of hydrogen-bond acceptors (Lipinski definition) is 3. The second-order valence-corrected chi connectivity index (χ2v) is 5.18. The predicted molar refractivity (Wildman–Crippen MR) is 75.3 cm³/mol. The van der Waals surface area contributed by atoms with Gasteiger partial charge in [0.25, 0.3) is 0 Å². The average molecular weight is 248 g/mol. The molecule has 1 unspecified atom stereocenters. The largest absolute Gasteiger partial charge is 0.496 e. The summed E-state index contributed by atoms with van der Waals surface area (Å²) in [7, 11) is 3.96. The van der Waals surface area contributed by atoms with E-state index in [9.17, 15) is 0 Å². The van der Waals surface area contributed by atoms with E-state index >= 15 is 0 Å². The van der Waals surface area contributed by atoms with Crippen molar-refractivity contribution in [2.24, 2.45) is 0 Å². The Hall–Kier alpha value is -1.06. The van der Waals surface area contributed by atoms with Gasteiger partial charge in [0, 0.05) is 19.1 Å². The van der Waals surface area contributed by atoms with Gasteiger partial charge in [-0.15, -0.1) is 0 Å². The van der Waals surface area contributed by atoms with E-state index in [4.69, 9.17) is 4.74 Å². The fourth-order valence-electron chi connectivity index (χ4n) is 2.60. The van der Waals surface area contributed by atoms with Gasteiger partial charge in [0.2, 0.25) is 0 Å². The van der Waals surface area contributed by atoms with Crippen molar-refractivity contribution in [2.45, 2.75) is 25.8 Å². The SMILES string of the molecule is COc1ccc(CCN(C)C2CCNC2)cc1C. The molecule has 1 fully saturated rings. The summed E-state index contributed by atoms with van der Waals surface area (Å²) in [6, 6.07) is 7.19. The smallest absolute Gasteiger partial charge is 0.121 e. The van der Waals surface area contributed by atoms with Crippen molar-refractivity contribution in [3.8, 4) is 5.75 Å². The summed E-state index contributed by atoms with van der Waals surface area (Å²) in [6.07, 6.45) is 2.38. The standard InChI is InChI=1S/C15H24N2O/c1-12-10-13(4-5-15(12)18-3)7-9-17(2)14-6-8-16-11-14/h4-5,10,14,16H,6-9,11H2,1-3H3. The highest BCUT2D eigenvalue weighted by atomic mass is 16.5. The van der Waals surface area contributed by atoms with Gasteiger partial charge in [-0.25, -0.2) is 0 Å². The van der Waals surface area contributed by atoms with E-state index in [1.54, 1.807) is 7.11 Å². The Kier molecular flexibility index (Phi) is 4.61. The van der Waals surface area contributed by atoms with Gasteiger partial charge in [-0.2, -0.15) is 0 Å². The lowest BCUT2D eigenvalue weighted by Gasteiger charge is -2.23. The van der Waals surface area contributed by atoms with Gasteiger partial charge < -0.3 is 15.0 Å². The maximum atomic E-state index is 5.29. The number of likely N-dealkylation sites (N-methyl/N-ethyl adjacent to an activating group) is 1. The van der Waals surface area contributed by atoms with E-state index in [1.807, 2.05) is 0 Å². The molecule has 2 rings (SSSR count). The zero-order valence-electron chi connectivity index (χ0n) is 11.7. The number of nitrogens with zero attached hydrogens (tertiary/aromatic N) is 1. The van der Waals surface area contributed by atoms with Crippen molar-refractivity contribution in [1.29, 1.82) is 0 Å². The van der Waals surface area contributed by atoms with E-state index in [1.165, 1.54) is 17.5 Å². The highest BCUT2D eigenvalue weighted by Gasteiger charge is 2.18.